The van der Waals surface area contributed by atoms with E-state index in [1.54, 1.807) is 0 Å². The van der Waals surface area contributed by atoms with Crippen molar-refractivity contribution in [3.05, 3.63) is 0 Å². The molecule has 21 heavy (non-hydrogen) atoms. The van der Waals surface area contributed by atoms with Crippen molar-refractivity contribution in [3.8, 4) is 0 Å². The first-order valence-corrected chi connectivity index (χ1v) is 9.10. The number of morpholine rings is 1. The average molecular weight is 316 g/mol. The van der Waals surface area contributed by atoms with Gasteiger partial charge in [0, 0.05) is 19.0 Å². The van der Waals surface area contributed by atoms with Gasteiger partial charge in [-0.25, -0.2) is 8.42 Å². The number of nitrogens with zero attached hydrogens (tertiary/aromatic N) is 2. The van der Waals surface area contributed by atoms with Gasteiger partial charge in [0.05, 0.1) is 18.9 Å². The first-order valence-electron chi connectivity index (χ1n) is 7.60. The van der Waals surface area contributed by atoms with Gasteiger partial charge in [-0.05, 0) is 23.7 Å². The van der Waals surface area contributed by atoms with Gasteiger partial charge >= 0.3 is 0 Å². The summed E-state index contributed by atoms with van der Waals surface area (Å²) in [7, 11) is -3.49. The lowest BCUT2D eigenvalue weighted by Crippen LogP contribution is -2.53. The minimum atomic E-state index is -3.49. The van der Waals surface area contributed by atoms with Crippen molar-refractivity contribution in [2.45, 2.75) is 32.4 Å². The average Bonchev–Trinajstić information content (AvgIpc) is 2.96. The molecule has 3 fully saturated rings. The molecule has 2 saturated carbocycles. The van der Waals surface area contributed by atoms with Crippen LogP contribution in [-0.2, 0) is 14.8 Å². The normalized spacial score (nSPS) is 41.8. The fourth-order valence-electron chi connectivity index (χ4n) is 4.40. The van der Waals surface area contributed by atoms with Crippen LogP contribution in [0.15, 0.2) is 5.16 Å². The Morgan fingerprint density at radius 1 is 1.33 bits per heavy atom. The van der Waals surface area contributed by atoms with E-state index in [1.807, 2.05) is 0 Å². The zero-order chi connectivity index (χ0) is 15.4. The van der Waals surface area contributed by atoms with E-state index >= 15 is 0 Å². The number of fused-ring (bicyclic) bond motifs is 2. The van der Waals surface area contributed by atoms with Gasteiger partial charge in [-0.3, -0.25) is 0 Å². The van der Waals surface area contributed by atoms with Crippen LogP contribution < -0.4 is 0 Å². The van der Waals surface area contributed by atoms with Crippen LogP contribution in [0.25, 0.3) is 0 Å². The number of hydrogen-bond donors (Lipinski definition) is 1. The molecule has 2 bridgehead atoms. The van der Waals surface area contributed by atoms with Crippen LogP contribution in [0.1, 0.15) is 27.2 Å². The van der Waals surface area contributed by atoms with Crippen LogP contribution in [0, 0.1) is 23.2 Å². The summed E-state index contributed by atoms with van der Waals surface area (Å²) in [6.07, 6.45) is 0.807. The van der Waals surface area contributed by atoms with E-state index < -0.39 is 15.3 Å². The second-order valence-corrected chi connectivity index (χ2v) is 9.11. The molecule has 1 N–H and O–H groups in total. The summed E-state index contributed by atoms with van der Waals surface area (Å²) in [6, 6.07) is 0. The van der Waals surface area contributed by atoms with Gasteiger partial charge in [0.1, 0.15) is 5.25 Å². The first kappa shape index (κ1) is 15.2. The molecule has 0 unspecified atom stereocenters. The fraction of sp³-hybridized carbons (Fsp3) is 0.929. The number of sulfonamides is 1. The lowest BCUT2D eigenvalue weighted by atomic mass is 9.69. The van der Waals surface area contributed by atoms with Crippen molar-refractivity contribution in [2.75, 3.05) is 26.3 Å². The molecule has 0 aromatic rings. The molecule has 0 amide bonds. The summed E-state index contributed by atoms with van der Waals surface area (Å²) in [5, 5.41) is 12.1. The molecule has 3 aliphatic rings. The monoisotopic (exact) mass is 316 g/mol. The highest BCUT2D eigenvalue weighted by Gasteiger charge is 2.63. The molecule has 0 aromatic carbocycles. The van der Waals surface area contributed by atoms with Crippen molar-refractivity contribution < 1.29 is 18.4 Å². The van der Waals surface area contributed by atoms with Crippen LogP contribution >= 0.6 is 0 Å². The molecule has 0 aromatic heterocycles. The van der Waals surface area contributed by atoms with E-state index in [0.29, 0.717) is 37.9 Å². The molecule has 1 aliphatic heterocycles. The van der Waals surface area contributed by atoms with Crippen LogP contribution in [0.5, 0.6) is 0 Å². The number of rotatable bonds is 2. The van der Waals surface area contributed by atoms with Gasteiger partial charge in [-0.2, -0.15) is 4.31 Å². The van der Waals surface area contributed by atoms with Crippen molar-refractivity contribution in [3.63, 3.8) is 0 Å². The molecule has 4 atom stereocenters. The molecule has 3 rings (SSSR count). The fourth-order valence-corrected chi connectivity index (χ4v) is 6.78. The number of hydrogen-bond acceptors (Lipinski definition) is 5. The van der Waals surface area contributed by atoms with E-state index in [0.717, 1.165) is 6.42 Å². The Hall–Kier alpha value is -0.660. The topological polar surface area (TPSA) is 79.2 Å². The quantitative estimate of drug-likeness (QED) is 0.612. The Labute approximate surface area is 126 Å². The van der Waals surface area contributed by atoms with E-state index in [1.165, 1.54) is 4.31 Å². The van der Waals surface area contributed by atoms with E-state index in [-0.39, 0.29) is 17.3 Å². The summed E-state index contributed by atoms with van der Waals surface area (Å²) >= 11 is 0. The Kier molecular flexibility index (Phi) is 3.58. The van der Waals surface area contributed by atoms with Crippen molar-refractivity contribution in [2.24, 2.45) is 28.3 Å². The van der Waals surface area contributed by atoms with Gasteiger partial charge < -0.3 is 9.94 Å². The lowest BCUT2D eigenvalue weighted by molar-refractivity contribution is 0.0719. The Balaban J connectivity index is 1.97. The maximum atomic E-state index is 13.0. The zero-order valence-corrected chi connectivity index (χ0v) is 13.6. The second-order valence-electron chi connectivity index (χ2n) is 7.06. The molecule has 1 heterocycles. The predicted octanol–water partition coefficient (Wildman–Crippen LogP) is 1.16. The van der Waals surface area contributed by atoms with Crippen molar-refractivity contribution >= 4 is 15.7 Å². The Bertz CT molecular complexity index is 551. The Morgan fingerprint density at radius 3 is 2.52 bits per heavy atom. The highest BCUT2D eigenvalue weighted by atomic mass is 32.2. The third kappa shape index (κ3) is 2.04. The Morgan fingerprint density at radius 2 is 1.95 bits per heavy atom. The minimum Gasteiger partial charge on any atom is -0.411 e. The van der Waals surface area contributed by atoms with Crippen LogP contribution in [0.2, 0.25) is 0 Å². The van der Waals surface area contributed by atoms with Crippen molar-refractivity contribution in [1.82, 2.24) is 4.31 Å². The standard InChI is InChI=1S/C14H24N2O4S/c1-9-10-8-11(14(9,2)3)13(12(10)15-17)21(18,19)16-4-6-20-7-5-16/h9-11,13,17H,4-8H2,1-3H3/b15-12-/t9-,10-,11+,13-/m0/s1. The summed E-state index contributed by atoms with van der Waals surface area (Å²) in [5.74, 6) is 0.441. The van der Waals surface area contributed by atoms with Gasteiger partial charge in [0.2, 0.25) is 10.0 Å². The van der Waals surface area contributed by atoms with E-state index in [2.05, 4.69) is 25.9 Å². The van der Waals surface area contributed by atoms with E-state index in [4.69, 9.17) is 4.74 Å². The summed E-state index contributed by atoms with van der Waals surface area (Å²) in [6.45, 7) is 8.07. The number of ether oxygens (including phenoxy) is 1. The highest BCUT2D eigenvalue weighted by Crippen LogP contribution is 2.59. The predicted molar refractivity (Wildman–Crippen MR) is 78.9 cm³/mol. The molecule has 6 nitrogen and oxygen atoms in total. The van der Waals surface area contributed by atoms with E-state index in [9.17, 15) is 13.6 Å². The molecular formula is C14H24N2O4S. The van der Waals surface area contributed by atoms with Gasteiger partial charge in [-0.1, -0.05) is 25.9 Å². The first-order chi connectivity index (χ1) is 9.81. The van der Waals surface area contributed by atoms with Gasteiger partial charge in [0.25, 0.3) is 0 Å². The summed E-state index contributed by atoms with van der Waals surface area (Å²) < 4.78 is 32.8. The largest absolute Gasteiger partial charge is 0.411 e. The molecule has 120 valence electrons. The molecule has 1 saturated heterocycles. The maximum Gasteiger partial charge on any atom is 0.222 e. The molecule has 0 radical (unpaired) electrons. The number of oxime groups is 1. The third-order valence-electron chi connectivity index (χ3n) is 6.04. The van der Waals surface area contributed by atoms with Crippen LogP contribution in [0.4, 0.5) is 0 Å². The molecule has 0 spiro atoms. The minimum absolute atomic E-state index is 0.0243. The van der Waals surface area contributed by atoms with Crippen molar-refractivity contribution in [1.29, 1.82) is 0 Å². The summed E-state index contributed by atoms with van der Waals surface area (Å²) in [5.41, 5.74) is 0.418. The smallest absolute Gasteiger partial charge is 0.222 e. The van der Waals surface area contributed by atoms with Gasteiger partial charge in [0.15, 0.2) is 0 Å². The molecular weight excluding hydrogens is 292 g/mol. The lowest BCUT2D eigenvalue weighted by Gasteiger charge is -2.42. The van der Waals surface area contributed by atoms with Crippen LogP contribution in [-0.4, -0.2) is 55.2 Å². The molecule has 2 aliphatic carbocycles. The highest BCUT2D eigenvalue weighted by molar-refractivity contribution is 7.90. The van der Waals surface area contributed by atoms with Crippen LogP contribution in [0.3, 0.4) is 0 Å². The molecule has 7 heteroatoms. The SMILES string of the molecule is C[C@H]1[C@@H]2C[C@H]([C@H](S(=O)(=O)N3CCOCC3)/C2=N\O)C1(C)C. The summed E-state index contributed by atoms with van der Waals surface area (Å²) in [4.78, 5) is 0. The maximum absolute atomic E-state index is 13.0. The second kappa shape index (κ2) is 4.93. The zero-order valence-electron chi connectivity index (χ0n) is 12.8. The third-order valence-corrected chi connectivity index (χ3v) is 8.34. The van der Waals surface area contributed by atoms with Gasteiger partial charge in [-0.15, -0.1) is 0 Å².